The minimum absolute atomic E-state index is 0.249. The second-order valence-electron chi connectivity index (χ2n) is 10.9. The molecule has 3 aromatic rings. The average Bonchev–Trinajstić information content (AvgIpc) is 3.47. The first kappa shape index (κ1) is 25.6. The Morgan fingerprint density at radius 1 is 1.00 bits per heavy atom. The van der Waals surface area contributed by atoms with E-state index in [1.54, 1.807) is 18.3 Å². The summed E-state index contributed by atoms with van der Waals surface area (Å²) < 4.78 is 7.08. The van der Waals surface area contributed by atoms with E-state index < -0.39 is 23.2 Å². The summed E-state index contributed by atoms with van der Waals surface area (Å²) in [4.78, 5) is 32.5. The predicted molar refractivity (Wildman–Crippen MR) is 145 cm³/mol. The van der Waals surface area contributed by atoms with Crippen molar-refractivity contribution < 1.29 is 24.3 Å². The summed E-state index contributed by atoms with van der Waals surface area (Å²) in [5.41, 5.74) is 2.72. The van der Waals surface area contributed by atoms with Crippen molar-refractivity contribution in [1.82, 2.24) is 4.57 Å². The highest BCUT2D eigenvalue weighted by molar-refractivity contribution is 6.23. The van der Waals surface area contributed by atoms with Gasteiger partial charge in [0, 0.05) is 6.20 Å². The lowest BCUT2D eigenvalue weighted by molar-refractivity contribution is 0.0540. The third-order valence-corrected chi connectivity index (χ3v) is 7.15. The molecular weight excluding hydrogens is 482 g/mol. The first-order valence-electron chi connectivity index (χ1n) is 13.0. The van der Waals surface area contributed by atoms with Crippen molar-refractivity contribution in [2.45, 2.75) is 70.5 Å². The van der Waals surface area contributed by atoms with E-state index in [2.05, 4.69) is 5.16 Å². The van der Waals surface area contributed by atoms with Crippen LogP contribution in [0.15, 0.2) is 72.0 Å². The monoisotopic (exact) mass is 515 g/mol. The maximum absolute atomic E-state index is 12.9. The van der Waals surface area contributed by atoms with Gasteiger partial charge in [0.25, 0.3) is 0 Å². The van der Waals surface area contributed by atoms with E-state index in [0.717, 1.165) is 48.8 Å². The van der Waals surface area contributed by atoms with Crippen LogP contribution in [0.5, 0.6) is 0 Å². The molecule has 1 aliphatic heterocycles. The summed E-state index contributed by atoms with van der Waals surface area (Å²) in [6, 6.07) is 19.0. The van der Waals surface area contributed by atoms with Crippen molar-refractivity contribution in [3.63, 3.8) is 0 Å². The zero-order chi connectivity index (χ0) is 26.9. The van der Waals surface area contributed by atoms with Crippen LogP contribution in [-0.4, -0.2) is 33.3 Å². The highest BCUT2D eigenvalue weighted by Crippen LogP contribution is 2.52. The van der Waals surface area contributed by atoms with Gasteiger partial charge in [-0.3, -0.25) is 4.57 Å². The number of fused-ring (bicyclic) bond motifs is 2. The lowest BCUT2D eigenvalue weighted by atomic mass is 9.69. The molecular formula is C30H33N3O5. The van der Waals surface area contributed by atoms with Gasteiger partial charge in [-0.15, -0.1) is 0 Å². The SMILES string of the molecule is CC(C)(C)OC(=O)n1cccc1-c1ccc2c(c1)C1(CCCCC1)C(=NOCc1ccccc1)N2C(=O)O. The number of hydrogen-bond acceptors (Lipinski definition) is 5. The molecule has 0 bridgehead atoms. The van der Waals surface area contributed by atoms with Crippen molar-refractivity contribution in [1.29, 1.82) is 0 Å². The topological polar surface area (TPSA) is 93.4 Å². The molecule has 0 radical (unpaired) electrons. The fourth-order valence-corrected chi connectivity index (χ4v) is 5.52. The number of amides is 1. The lowest BCUT2D eigenvalue weighted by Crippen LogP contribution is -2.44. The van der Waals surface area contributed by atoms with E-state index in [4.69, 9.17) is 9.57 Å². The first-order valence-corrected chi connectivity index (χ1v) is 13.0. The number of carbonyl (C=O) groups excluding carboxylic acids is 1. The Labute approximate surface area is 222 Å². The molecule has 38 heavy (non-hydrogen) atoms. The predicted octanol–water partition coefficient (Wildman–Crippen LogP) is 7.17. The first-order chi connectivity index (χ1) is 18.2. The van der Waals surface area contributed by atoms with Gasteiger partial charge in [0.05, 0.1) is 16.8 Å². The molecule has 1 fully saturated rings. The van der Waals surface area contributed by atoms with Gasteiger partial charge < -0.3 is 14.7 Å². The highest BCUT2D eigenvalue weighted by Gasteiger charge is 2.52. The number of hydrogen-bond donors (Lipinski definition) is 1. The number of carbonyl (C=O) groups is 2. The van der Waals surface area contributed by atoms with Crippen molar-refractivity contribution in [3.05, 3.63) is 78.0 Å². The molecule has 1 N–H and O–H groups in total. The number of oxime groups is 1. The number of ether oxygens (including phenoxy) is 1. The second-order valence-corrected chi connectivity index (χ2v) is 10.9. The number of aromatic nitrogens is 1. The van der Waals surface area contributed by atoms with Crippen LogP contribution in [0.3, 0.4) is 0 Å². The molecule has 2 aliphatic rings. The molecule has 1 aromatic heterocycles. The number of nitrogens with zero attached hydrogens (tertiary/aromatic N) is 3. The summed E-state index contributed by atoms with van der Waals surface area (Å²) in [5, 5.41) is 14.7. The minimum Gasteiger partial charge on any atom is -0.464 e. The Bertz CT molecular complexity index is 1360. The van der Waals surface area contributed by atoms with Crippen LogP contribution >= 0.6 is 0 Å². The number of amidine groups is 1. The zero-order valence-corrected chi connectivity index (χ0v) is 22.0. The van der Waals surface area contributed by atoms with Gasteiger partial charge in [-0.1, -0.05) is 60.8 Å². The smallest absolute Gasteiger partial charge is 0.418 e. The van der Waals surface area contributed by atoms with E-state index in [9.17, 15) is 14.7 Å². The van der Waals surface area contributed by atoms with E-state index >= 15 is 0 Å². The zero-order valence-electron chi connectivity index (χ0n) is 22.0. The van der Waals surface area contributed by atoms with E-state index in [1.165, 1.54) is 9.47 Å². The van der Waals surface area contributed by atoms with Crippen molar-refractivity contribution in [2.75, 3.05) is 4.90 Å². The summed E-state index contributed by atoms with van der Waals surface area (Å²) in [6.45, 7) is 5.74. The molecule has 2 aromatic carbocycles. The number of rotatable bonds is 4. The van der Waals surface area contributed by atoms with Crippen LogP contribution in [0.2, 0.25) is 0 Å². The van der Waals surface area contributed by atoms with Crippen molar-refractivity contribution in [2.24, 2.45) is 5.16 Å². The van der Waals surface area contributed by atoms with Gasteiger partial charge in [-0.25, -0.2) is 14.5 Å². The van der Waals surface area contributed by atoms with Gasteiger partial charge in [0.2, 0.25) is 0 Å². The molecule has 0 saturated heterocycles. The molecule has 1 saturated carbocycles. The van der Waals surface area contributed by atoms with Crippen LogP contribution in [0.4, 0.5) is 15.3 Å². The molecule has 8 heteroatoms. The largest absolute Gasteiger partial charge is 0.464 e. The Morgan fingerprint density at radius 3 is 2.42 bits per heavy atom. The van der Waals surface area contributed by atoms with Crippen LogP contribution in [-0.2, 0) is 21.6 Å². The van der Waals surface area contributed by atoms with Crippen LogP contribution < -0.4 is 4.90 Å². The quantitative estimate of drug-likeness (QED) is 0.372. The molecule has 0 atom stereocenters. The van der Waals surface area contributed by atoms with Gasteiger partial charge >= 0.3 is 12.2 Å². The lowest BCUT2D eigenvalue weighted by Gasteiger charge is -2.34. The maximum atomic E-state index is 12.9. The Morgan fingerprint density at radius 2 is 1.74 bits per heavy atom. The van der Waals surface area contributed by atoms with E-state index in [0.29, 0.717) is 17.2 Å². The average molecular weight is 516 g/mol. The van der Waals surface area contributed by atoms with Crippen LogP contribution in [0.1, 0.15) is 64.0 Å². The third kappa shape index (κ3) is 4.78. The number of carboxylic acid groups (broad SMARTS) is 1. The van der Waals surface area contributed by atoms with Crippen molar-refractivity contribution >= 4 is 23.7 Å². The van der Waals surface area contributed by atoms with Gasteiger partial charge in [0.1, 0.15) is 12.2 Å². The fourth-order valence-electron chi connectivity index (χ4n) is 5.52. The Balaban J connectivity index is 1.56. The van der Waals surface area contributed by atoms with E-state index in [1.807, 2.05) is 69.3 Å². The summed E-state index contributed by atoms with van der Waals surface area (Å²) >= 11 is 0. The minimum atomic E-state index is -1.10. The molecule has 8 nitrogen and oxygen atoms in total. The molecule has 0 unspecified atom stereocenters. The Hall–Kier alpha value is -4.07. The number of benzene rings is 2. The molecule has 1 amide bonds. The second kappa shape index (κ2) is 10.0. The van der Waals surface area contributed by atoms with Crippen LogP contribution in [0.25, 0.3) is 11.3 Å². The Kier molecular flexibility index (Phi) is 6.73. The van der Waals surface area contributed by atoms with Crippen LogP contribution in [0, 0.1) is 0 Å². The van der Waals surface area contributed by atoms with Gasteiger partial charge in [-0.2, -0.15) is 0 Å². The van der Waals surface area contributed by atoms with E-state index in [-0.39, 0.29) is 6.61 Å². The standard InChI is InChI=1S/C30H33N3O5/c1-29(2,3)38-28(36)32-18-10-13-24(32)22-14-15-25-23(19-22)30(16-8-5-9-17-30)26(33(25)27(34)35)31-37-20-21-11-6-4-7-12-21/h4,6-7,10-15,18-19H,5,8-9,16-17,20H2,1-3H3,(H,34,35). The molecule has 1 aliphatic carbocycles. The number of anilines is 1. The summed E-state index contributed by atoms with van der Waals surface area (Å²) in [7, 11) is 0. The molecule has 5 rings (SSSR count). The normalized spacial score (nSPS) is 17.4. The summed E-state index contributed by atoms with van der Waals surface area (Å²) in [5.74, 6) is 0.412. The highest BCUT2D eigenvalue weighted by atomic mass is 16.6. The summed E-state index contributed by atoms with van der Waals surface area (Å²) in [6.07, 6.45) is 4.67. The van der Waals surface area contributed by atoms with Crippen molar-refractivity contribution in [3.8, 4) is 11.3 Å². The van der Waals surface area contributed by atoms with Gasteiger partial charge in [0.15, 0.2) is 5.84 Å². The van der Waals surface area contributed by atoms with Gasteiger partial charge in [-0.05, 0) is 74.6 Å². The fraction of sp³-hybridized carbons (Fsp3) is 0.367. The molecule has 2 heterocycles. The maximum Gasteiger partial charge on any atom is 0.418 e. The molecule has 198 valence electrons. The molecule has 1 spiro atoms. The third-order valence-electron chi connectivity index (χ3n) is 7.15.